The molecule has 2 aliphatic rings. The summed E-state index contributed by atoms with van der Waals surface area (Å²) in [5.41, 5.74) is 2.29. The molecule has 0 atom stereocenters. The monoisotopic (exact) mass is 509 g/mol. The molecular weight excluding hydrogens is 486 g/mol. The van der Waals surface area contributed by atoms with Gasteiger partial charge in [0.2, 0.25) is 0 Å². The largest absolute Gasteiger partial charge is 0.451 e. The van der Waals surface area contributed by atoms with Crippen LogP contribution in [0.4, 0.5) is 11.5 Å². The molecule has 1 aromatic carbocycles. The SMILES string of the molecule is Cc1cc2c(cc1Br)Oc1cc(Br)cnc1N2CCCCCN1CCOCC1. The number of aromatic nitrogens is 1. The van der Waals surface area contributed by atoms with Gasteiger partial charge >= 0.3 is 0 Å². The molecule has 0 N–H and O–H groups in total. The fourth-order valence-electron chi connectivity index (χ4n) is 3.70. The molecule has 0 unspecified atom stereocenters. The van der Waals surface area contributed by atoms with Crippen LogP contribution in [-0.4, -0.2) is 49.3 Å². The number of hydrogen-bond acceptors (Lipinski definition) is 5. The number of aryl methyl sites for hydroxylation is 1. The number of anilines is 2. The van der Waals surface area contributed by atoms with E-state index in [1.54, 1.807) is 0 Å². The average molecular weight is 511 g/mol. The van der Waals surface area contributed by atoms with Gasteiger partial charge in [0.25, 0.3) is 0 Å². The zero-order chi connectivity index (χ0) is 19.5. The summed E-state index contributed by atoms with van der Waals surface area (Å²) in [6.45, 7) is 8.08. The normalized spacial score (nSPS) is 16.5. The molecule has 0 saturated carbocycles. The van der Waals surface area contributed by atoms with Gasteiger partial charge < -0.3 is 14.4 Å². The highest BCUT2D eigenvalue weighted by Gasteiger charge is 2.26. The van der Waals surface area contributed by atoms with E-state index in [-0.39, 0.29) is 0 Å². The van der Waals surface area contributed by atoms with Crippen LogP contribution >= 0.6 is 31.9 Å². The average Bonchev–Trinajstić information content (AvgIpc) is 2.69. The summed E-state index contributed by atoms with van der Waals surface area (Å²) in [4.78, 5) is 9.45. The molecule has 150 valence electrons. The van der Waals surface area contributed by atoms with Gasteiger partial charge in [0, 0.05) is 40.8 Å². The van der Waals surface area contributed by atoms with Crippen LogP contribution in [0.2, 0.25) is 0 Å². The van der Waals surface area contributed by atoms with E-state index in [2.05, 4.69) is 65.7 Å². The summed E-state index contributed by atoms with van der Waals surface area (Å²) in [5.74, 6) is 2.56. The number of ether oxygens (including phenoxy) is 2. The third-order valence-corrected chi connectivity index (χ3v) is 6.55. The lowest BCUT2D eigenvalue weighted by molar-refractivity contribution is 0.0371. The molecule has 3 heterocycles. The molecule has 2 aromatic rings. The minimum absolute atomic E-state index is 0.797. The van der Waals surface area contributed by atoms with E-state index in [0.29, 0.717) is 0 Å². The fraction of sp³-hybridized carbons (Fsp3) is 0.476. The number of fused-ring (bicyclic) bond motifs is 2. The van der Waals surface area contributed by atoms with Crippen molar-refractivity contribution in [2.45, 2.75) is 26.2 Å². The predicted molar refractivity (Wildman–Crippen MR) is 119 cm³/mol. The Hall–Kier alpha value is -1.15. The van der Waals surface area contributed by atoms with Gasteiger partial charge in [0.05, 0.1) is 18.9 Å². The smallest absolute Gasteiger partial charge is 0.176 e. The summed E-state index contributed by atoms with van der Waals surface area (Å²) in [6.07, 6.45) is 5.38. The molecule has 0 aliphatic carbocycles. The number of unbranched alkanes of at least 4 members (excludes halogenated alkanes) is 2. The van der Waals surface area contributed by atoms with Crippen molar-refractivity contribution >= 4 is 43.4 Å². The maximum Gasteiger partial charge on any atom is 0.176 e. The van der Waals surface area contributed by atoms with Crippen molar-refractivity contribution in [3.05, 3.63) is 38.9 Å². The molecule has 0 amide bonds. The number of benzene rings is 1. The Morgan fingerprint density at radius 2 is 1.79 bits per heavy atom. The van der Waals surface area contributed by atoms with E-state index < -0.39 is 0 Å². The van der Waals surface area contributed by atoms with Crippen LogP contribution in [0, 0.1) is 6.92 Å². The van der Waals surface area contributed by atoms with Gasteiger partial charge in [-0.25, -0.2) is 4.98 Å². The zero-order valence-corrected chi connectivity index (χ0v) is 19.3. The highest BCUT2D eigenvalue weighted by atomic mass is 79.9. The second-order valence-corrected chi connectivity index (χ2v) is 9.08. The van der Waals surface area contributed by atoms with Gasteiger partial charge in [-0.3, -0.25) is 4.90 Å². The van der Waals surface area contributed by atoms with Crippen LogP contribution in [0.15, 0.2) is 33.3 Å². The molecule has 5 nitrogen and oxygen atoms in total. The molecule has 4 rings (SSSR count). The number of pyridine rings is 1. The van der Waals surface area contributed by atoms with Crippen molar-refractivity contribution < 1.29 is 9.47 Å². The lowest BCUT2D eigenvalue weighted by Crippen LogP contribution is -2.36. The maximum atomic E-state index is 6.15. The summed E-state index contributed by atoms with van der Waals surface area (Å²) < 4.78 is 13.6. The van der Waals surface area contributed by atoms with E-state index in [1.165, 1.54) is 18.4 Å². The maximum absolute atomic E-state index is 6.15. The lowest BCUT2D eigenvalue weighted by atomic mass is 10.1. The topological polar surface area (TPSA) is 37.8 Å². The molecule has 1 fully saturated rings. The van der Waals surface area contributed by atoms with Gasteiger partial charge in [0.1, 0.15) is 0 Å². The number of nitrogens with zero attached hydrogens (tertiary/aromatic N) is 3. The first-order valence-corrected chi connectivity index (χ1v) is 11.4. The van der Waals surface area contributed by atoms with E-state index in [9.17, 15) is 0 Å². The Kier molecular flexibility index (Phi) is 6.55. The summed E-state index contributed by atoms with van der Waals surface area (Å²) in [7, 11) is 0. The molecule has 0 spiro atoms. The van der Waals surface area contributed by atoms with E-state index in [4.69, 9.17) is 9.47 Å². The van der Waals surface area contributed by atoms with E-state index in [0.717, 1.165) is 77.8 Å². The third-order valence-electron chi connectivity index (χ3n) is 5.27. The second kappa shape index (κ2) is 9.11. The van der Waals surface area contributed by atoms with Crippen molar-refractivity contribution in [1.82, 2.24) is 9.88 Å². The lowest BCUT2D eigenvalue weighted by Gasteiger charge is -2.32. The first-order chi connectivity index (χ1) is 13.6. The molecule has 2 aliphatic heterocycles. The number of morpholine rings is 1. The Labute approximate surface area is 183 Å². The zero-order valence-electron chi connectivity index (χ0n) is 16.1. The number of hydrogen-bond donors (Lipinski definition) is 0. The second-order valence-electron chi connectivity index (χ2n) is 7.31. The van der Waals surface area contributed by atoms with Crippen molar-refractivity contribution in [3.8, 4) is 11.5 Å². The highest BCUT2D eigenvalue weighted by molar-refractivity contribution is 9.10. The molecule has 1 saturated heterocycles. The molecule has 0 radical (unpaired) electrons. The predicted octanol–water partition coefficient (Wildman–Crippen LogP) is 5.66. The van der Waals surface area contributed by atoms with Gasteiger partial charge in [0.15, 0.2) is 17.3 Å². The van der Waals surface area contributed by atoms with E-state index in [1.807, 2.05) is 12.3 Å². The summed E-state index contributed by atoms with van der Waals surface area (Å²) in [6, 6.07) is 6.23. The molecule has 28 heavy (non-hydrogen) atoms. The minimum Gasteiger partial charge on any atom is -0.451 e. The third kappa shape index (κ3) is 4.53. The van der Waals surface area contributed by atoms with Crippen LogP contribution in [0.3, 0.4) is 0 Å². The van der Waals surface area contributed by atoms with Crippen LogP contribution in [-0.2, 0) is 4.74 Å². The van der Waals surface area contributed by atoms with Crippen molar-refractivity contribution in [2.24, 2.45) is 0 Å². The summed E-state index contributed by atoms with van der Waals surface area (Å²) >= 11 is 7.13. The van der Waals surface area contributed by atoms with Crippen molar-refractivity contribution in [3.63, 3.8) is 0 Å². The van der Waals surface area contributed by atoms with Crippen molar-refractivity contribution in [2.75, 3.05) is 44.3 Å². The fourth-order valence-corrected chi connectivity index (χ4v) is 4.33. The molecule has 7 heteroatoms. The summed E-state index contributed by atoms with van der Waals surface area (Å²) in [5, 5.41) is 0. The van der Waals surface area contributed by atoms with Gasteiger partial charge in [-0.05, 0) is 59.9 Å². The van der Waals surface area contributed by atoms with Gasteiger partial charge in [-0.1, -0.05) is 22.4 Å². The van der Waals surface area contributed by atoms with Gasteiger partial charge in [-0.15, -0.1) is 0 Å². The minimum atomic E-state index is 0.797. The van der Waals surface area contributed by atoms with Crippen LogP contribution in [0.5, 0.6) is 11.5 Å². The Morgan fingerprint density at radius 3 is 2.61 bits per heavy atom. The Bertz CT molecular complexity index is 841. The van der Waals surface area contributed by atoms with Crippen LogP contribution in [0.25, 0.3) is 0 Å². The number of rotatable bonds is 6. The number of halogens is 2. The quantitative estimate of drug-likeness (QED) is 0.468. The van der Waals surface area contributed by atoms with Crippen LogP contribution in [0.1, 0.15) is 24.8 Å². The van der Waals surface area contributed by atoms with Crippen molar-refractivity contribution in [1.29, 1.82) is 0 Å². The van der Waals surface area contributed by atoms with Gasteiger partial charge in [-0.2, -0.15) is 0 Å². The van der Waals surface area contributed by atoms with E-state index >= 15 is 0 Å². The standard InChI is InChI=1S/C21H25Br2N3O2/c1-15-11-18-19(13-17(15)23)28-20-12-16(22)14-24-21(20)26(18)6-4-2-3-5-25-7-9-27-10-8-25/h11-14H,2-10H2,1H3. The molecule has 1 aromatic heterocycles. The first kappa shape index (κ1) is 20.1. The highest BCUT2D eigenvalue weighted by Crippen LogP contribution is 2.47. The molecular formula is C21H25Br2N3O2. The Balaban J connectivity index is 1.44. The molecule has 0 bridgehead atoms. The Morgan fingerprint density at radius 1 is 1.00 bits per heavy atom. The first-order valence-electron chi connectivity index (χ1n) is 9.83. The van der Waals surface area contributed by atoms with Crippen LogP contribution < -0.4 is 9.64 Å².